The molecule has 0 saturated carbocycles. The number of aromatic carboxylic acids is 1. The number of aliphatic hydroxyl groups is 2. The number of piperidine rings is 4. The summed E-state index contributed by atoms with van der Waals surface area (Å²) in [6.07, 6.45) is 8.89. The summed E-state index contributed by atoms with van der Waals surface area (Å²) in [5.41, 5.74) is 36.9. The Morgan fingerprint density at radius 2 is 0.805 bits per heavy atom. The van der Waals surface area contributed by atoms with E-state index in [0.717, 1.165) is 184 Å². The molecule has 8 aliphatic rings. The van der Waals surface area contributed by atoms with Crippen molar-refractivity contribution in [3.05, 3.63) is 172 Å². The predicted molar refractivity (Wildman–Crippen MR) is 499 cm³/mol. The van der Waals surface area contributed by atoms with Crippen LogP contribution in [-0.4, -0.2) is 217 Å². The molecule has 5 aromatic heterocycles. The number of hydrogen-bond donors (Lipinski definition) is 10. The lowest BCUT2D eigenvalue weighted by molar-refractivity contribution is 0.0585. The second kappa shape index (κ2) is 45.2. The first-order valence-electron chi connectivity index (χ1n) is 40.5. The lowest BCUT2D eigenvalue weighted by Crippen LogP contribution is -2.50. The summed E-state index contributed by atoms with van der Waals surface area (Å²) >= 11 is 48.4. The van der Waals surface area contributed by atoms with Crippen molar-refractivity contribution >= 4 is 181 Å². The van der Waals surface area contributed by atoms with Crippen LogP contribution < -0.4 is 48.4 Å². The van der Waals surface area contributed by atoms with Crippen molar-refractivity contribution in [1.82, 2.24) is 30.2 Å². The van der Waals surface area contributed by atoms with Gasteiger partial charge in [-0.15, -0.1) is 0 Å². The van der Waals surface area contributed by atoms with Crippen molar-refractivity contribution in [1.29, 1.82) is 0 Å². The fourth-order valence-corrected chi connectivity index (χ4v) is 19.2. The van der Waals surface area contributed by atoms with Crippen LogP contribution in [0.4, 0.5) is 17.1 Å². The van der Waals surface area contributed by atoms with E-state index in [4.69, 9.17) is 136 Å². The van der Waals surface area contributed by atoms with Crippen molar-refractivity contribution in [2.75, 3.05) is 108 Å². The highest BCUT2D eigenvalue weighted by Crippen LogP contribution is 2.47. The van der Waals surface area contributed by atoms with Gasteiger partial charge in [0.05, 0.1) is 143 Å². The molecule has 2 aromatic carbocycles. The first-order chi connectivity index (χ1) is 58.1. The van der Waals surface area contributed by atoms with Gasteiger partial charge in [0.25, 0.3) is 0 Å². The van der Waals surface area contributed by atoms with Crippen LogP contribution >= 0.6 is 133 Å². The molecule has 0 amide bonds. The molecule has 7 aromatic rings. The van der Waals surface area contributed by atoms with Crippen molar-refractivity contribution < 1.29 is 68.2 Å². The van der Waals surface area contributed by atoms with E-state index >= 15 is 0 Å². The number of pyridine rings is 5. The number of anilines is 3. The Balaban J connectivity index is 0.000000168. The minimum Gasteiger partial charge on any atom is -0.476 e. The van der Waals surface area contributed by atoms with Crippen molar-refractivity contribution in [2.45, 2.75) is 175 Å². The number of aliphatic hydroxyl groups excluding tert-OH is 2. The number of rotatable bonds is 10. The van der Waals surface area contributed by atoms with Gasteiger partial charge >= 0.3 is 25.0 Å². The molecule has 4 spiro atoms. The molecular formula is C85H110BBr4Cl6N13O14. The number of carboxylic acid groups (broad SMARTS) is 1. The largest absolute Gasteiger partial charge is 0.490 e. The van der Waals surface area contributed by atoms with Crippen LogP contribution in [0.1, 0.15) is 150 Å². The normalized spacial score (nSPS) is 22.4. The number of nitrogens with zero attached hydrogens (tertiary/aromatic N) is 8. The number of aryl methyl sites for hydroxylation is 5. The van der Waals surface area contributed by atoms with Gasteiger partial charge in [-0.3, -0.25) is 0 Å². The zero-order valence-corrected chi connectivity index (χ0v) is 81.6. The number of carbonyl (C=O) groups is 3. The van der Waals surface area contributed by atoms with Crippen molar-refractivity contribution in [3.8, 4) is 11.3 Å². The van der Waals surface area contributed by atoms with E-state index in [9.17, 15) is 24.6 Å². The Labute approximate surface area is 783 Å². The van der Waals surface area contributed by atoms with E-state index in [1.54, 1.807) is 37.3 Å². The Hall–Kier alpha value is -4.80. The maximum atomic E-state index is 12.1. The van der Waals surface area contributed by atoms with E-state index < -0.39 is 25.0 Å². The number of carboxylic acids is 1. The molecule has 8 atom stereocenters. The molecule has 27 nitrogen and oxygen atoms in total. The number of methoxy groups -OCH3 is 2. The van der Waals surface area contributed by atoms with E-state index in [1.807, 2.05) is 52.8 Å². The third-order valence-electron chi connectivity index (χ3n) is 24.8. The average Bonchev–Trinajstić information content (AvgIpc) is 1.70. The summed E-state index contributed by atoms with van der Waals surface area (Å²) in [5.74, 6) is -2.08. The quantitative estimate of drug-likeness (QED) is 0.0345. The standard InChI is InChI=1S/C22H27Cl2N3O2.C17H24BrN3O3.C16H24BrN3O2.C9H18N2O.C8H7BrClNO2.C7H5BrClNO2.C6H5BCl2O2/c1-13-10-18(27-8-6-22(7-9-27)12-29-14(2)21(22)25)17(11-28)26-20(13)15-4-3-5-16(23)19(15)24;1-10-8-12(13(16(22)23-3)20-15(10)18)21-6-4-17(5-7-21)9-24-11(2)14(17)19;1-10-7-13(12(8-21)19-15(10)17)20-5-3-16(4-6-20)9-22-11(2)14(16)18;1-7-8(10)9(6-12-7)2-4-11-5-3-9;1-4-3-5(10)6(8(12)13-2)11-7(4)9;1-3-2-4(9)5(7(11)12)10-6(3)8;8-5-3-1-2-4(6(5)9)7(10)11/h3-5,10,14,21,28H,6-9,11-12,25H2,1-2H3;8,11,14H,4-7,9,19H2,1-3H3;7,11,14,21H,3-6,8-9,18H2,1-2H3;7-8,11H,2-6,10H2,1H3;3H,1-2H3;2H,1H3,(H,11,12);1-3,10-11H/t14-,21+;2*11-,14+;7-,8+;;;/m0000.../s1. The van der Waals surface area contributed by atoms with Gasteiger partial charge in [0.1, 0.15) is 18.4 Å². The number of aromatic nitrogens is 5. The van der Waals surface area contributed by atoms with Crippen LogP contribution in [0.15, 0.2) is 85.1 Å². The summed E-state index contributed by atoms with van der Waals surface area (Å²) in [6, 6.07) is 20.1. The molecule has 0 bridgehead atoms. The summed E-state index contributed by atoms with van der Waals surface area (Å²) < 4.78 is 35.0. The van der Waals surface area contributed by atoms with E-state index in [1.165, 1.54) is 33.1 Å². The predicted octanol–water partition coefficient (Wildman–Crippen LogP) is 14.3. The van der Waals surface area contributed by atoms with Gasteiger partial charge in [-0.1, -0.05) is 93.9 Å². The summed E-state index contributed by atoms with van der Waals surface area (Å²) in [7, 11) is 1.10. The van der Waals surface area contributed by atoms with Gasteiger partial charge in [0.2, 0.25) is 0 Å². The SMILES string of the molecule is COC(=O)c1nc(Br)c(C)cc1Cl.COC(=O)c1nc(Br)c(C)cc1N1CCC2(CC1)CO[C@@H](C)[C@H]2N.C[C@@H]1OCC2(CCNCC2)[C@@H]1N.Cc1cc(Cl)c(C(=O)O)nc1Br.Cc1cc(N2CCC3(CC2)CO[C@@H](C)[C@H]3N)c(CO)nc1-c1cccc(Cl)c1Cl.Cc1cc(N2CCC3(CC2)CO[C@@H](C)[C@H]3N)c(CO)nc1Br.OB(O)c1cccc(Cl)c1Cl. The smallest absolute Gasteiger partial charge is 0.476 e. The first kappa shape index (κ1) is 102. The van der Waals surface area contributed by atoms with Crippen LogP contribution in [0.2, 0.25) is 30.1 Å². The Bertz CT molecular complexity index is 4840. The minimum absolute atomic E-state index is 0.0461. The number of ether oxygens (including phenoxy) is 6. The van der Waals surface area contributed by atoms with Gasteiger partial charge in [-0.05, 0) is 261 Å². The number of hydrogen-bond acceptors (Lipinski definition) is 26. The van der Waals surface area contributed by atoms with Crippen LogP contribution in [0.5, 0.6) is 0 Å². The summed E-state index contributed by atoms with van der Waals surface area (Å²) in [5, 5.41) is 51.0. The Kier molecular flexibility index (Phi) is 37.4. The lowest BCUT2D eigenvalue weighted by Gasteiger charge is -2.42. The first-order valence-corrected chi connectivity index (χ1v) is 45.9. The number of nitrogens with one attached hydrogen (secondary N) is 1. The van der Waals surface area contributed by atoms with Crippen LogP contribution in [0.25, 0.3) is 11.3 Å². The fraction of sp³-hybridized carbons (Fsp3) is 0.529. The molecule has 8 aliphatic heterocycles. The van der Waals surface area contributed by atoms with Crippen molar-refractivity contribution in [2.24, 2.45) is 44.6 Å². The maximum absolute atomic E-state index is 12.1. The van der Waals surface area contributed by atoms with Gasteiger partial charge in [0.15, 0.2) is 17.1 Å². The zero-order valence-electron chi connectivity index (χ0n) is 70.7. The molecule has 672 valence electrons. The van der Waals surface area contributed by atoms with Gasteiger partial charge in [-0.25, -0.2) is 39.3 Å². The average molecular weight is 2080 g/mol. The molecule has 123 heavy (non-hydrogen) atoms. The molecule has 14 N–H and O–H groups in total. The Morgan fingerprint density at radius 3 is 1.19 bits per heavy atom. The molecule has 0 unspecified atom stereocenters. The zero-order chi connectivity index (χ0) is 90.5. The number of esters is 2. The topological polar surface area (TPSA) is 398 Å². The molecule has 0 aliphatic carbocycles. The Morgan fingerprint density at radius 1 is 0.472 bits per heavy atom. The molecule has 8 saturated heterocycles. The number of carbonyl (C=O) groups excluding carboxylic acids is 2. The summed E-state index contributed by atoms with van der Waals surface area (Å²) in [6.45, 7) is 28.3. The van der Waals surface area contributed by atoms with Crippen molar-refractivity contribution in [3.63, 3.8) is 0 Å². The van der Waals surface area contributed by atoms with Gasteiger partial charge in [-0.2, -0.15) is 0 Å². The van der Waals surface area contributed by atoms with Crippen LogP contribution in [-0.2, 0) is 41.6 Å². The molecule has 38 heteroatoms. The van der Waals surface area contributed by atoms with Gasteiger partial charge < -0.3 is 96.7 Å². The molecule has 8 fully saturated rings. The lowest BCUT2D eigenvalue weighted by atomic mass is 9.73. The second-order valence-electron chi connectivity index (χ2n) is 32.5. The monoisotopic (exact) mass is 2070 g/mol. The molecular weight excluding hydrogens is 1970 g/mol. The molecule has 15 rings (SSSR count). The maximum Gasteiger partial charge on any atom is 0.490 e. The fourth-order valence-electron chi connectivity index (χ4n) is 16.7. The van der Waals surface area contributed by atoms with Crippen LogP contribution in [0.3, 0.4) is 0 Å². The minimum atomic E-state index is -1.57. The summed E-state index contributed by atoms with van der Waals surface area (Å²) in [4.78, 5) is 61.9. The van der Waals surface area contributed by atoms with E-state index in [0.29, 0.717) is 50.7 Å². The van der Waals surface area contributed by atoms with E-state index in [-0.39, 0.29) is 105 Å². The van der Waals surface area contributed by atoms with Gasteiger partial charge in [0, 0.05) is 96.1 Å². The number of benzene rings is 2. The number of halogens is 10. The third kappa shape index (κ3) is 24.3. The van der Waals surface area contributed by atoms with E-state index in [2.05, 4.69) is 141 Å². The second-order valence-corrected chi connectivity index (χ2v) is 37.9. The number of nitrogens with two attached hydrogens (primary N) is 4. The van der Waals surface area contributed by atoms with Crippen LogP contribution in [0, 0.1) is 56.3 Å². The third-order valence-corrected chi connectivity index (χ3v) is 30.3. The molecule has 13 heterocycles. The highest BCUT2D eigenvalue weighted by Gasteiger charge is 2.51. The highest BCUT2D eigenvalue weighted by molar-refractivity contribution is 9.11. The molecule has 0 radical (unpaired) electrons. The highest BCUT2D eigenvalue weighted by atomic mass is 79.9.